The van der Waals surface area contributed by atoms with E-state index in [1.807, 2.05) is 45.0 Å². The standard InChI is InChI=1S/C17H19N5O/c1-11(2)22(10-14-6-4-5-7-18-14)17(23)13-8-15-12(3)20-21-16(15)19-9-13/h4-9,11H,10H2,1-3H3,(H,19,20,21). The zero-order valence-electron chi connectivity index (χ0n) is 13.4. The molecule has 0 fully saturated rings. The molecule has 0 aliphatic heterocycles. The number of nitrogens with zero attached hydrogens (tertiary/aromatic N) is 4. The van der Waals surface area contributed by atoms with Crippen molar-refractivity contribution in [3.05, 3.63) is 53.6 Å². The molecule has 0 bridgehead atoms. The van der Waals surface area contributed by atoms with E-state index < -0.39 is 0 Å². The number of carbonyl (C=O) groups is 1. The first-order valence-electron chi connectivity index (χ1n) is 7.58. The van der Waals surface area contributed by atoms with Gasteiger partial charge in [0.2, 0.25) is 0 Å². The fraction of sp³-hybridized carbons (Fsp3) is 0.294. The van der Waals surface area contributed by atoms with Gasteiger partial charge in [-0.2, -0.15) is 5.10 Å². The molecule has 0 atom stereocenters. The Kier molecular flexibility index (Phi) is 4.06. The van der Waals surface area contributed by atoms with E-state index in [9.17, 15) is 4.79 Å². The van der Waals surface area contributed by atoms with Gasteiger partial charge >= 0.3 is 0 Å². The van der Waals surface area contributed by atoms with E-state index in [2.05, 4.69) is 20.2 Å². The molecule has 6 nitrogen and oxygen atoms in total. The number of amides is 1. The fourth-order valence-corrected chi connectivity index (χ4v) is 2.46. The third kappa shape index (κ3) is 3.06. The number of pyridine rings is 2. The maximum absolute atomic E-state index is 12.9. The third-order valence-electron chi connectivity index (χ3n) is 3.79. The van der Waals surface area contributed by atoms with Crippen LogP contribution in [0.2, 0.25) is 0 Å². The first-order chi connectivity index (χ1) is 11.1. The fourth-order valence-electron chi connectivity index (χ4n) is 2.46. The van der Waals surface area contributed by atoms with Crippen LogP contribution in [-0.2, 0) is 6.54 Å². The third-order valence-corrected chi connectivity index (χ3v) is 3.79. The van der Waals surface area contributed by atoms with Crippen LogP contribution in [0, 0.1) is 6.92 Å². The summed E-state index contributed by atoms with van der Waals surface area (Å²) in [5.74, 6) is -0.0550. The van der Waals surface area contributed by atoms with Crippen molar-refractivity contribution in [2.24, 2.45) is 0 Å². The van der Waals surface area contributed by atoms with Crippen LogP contribution in [0.15, 0.2) is 36.7 Å². The van der Waals surface area contributed by atoms with Gasteiger partial charge in [-0.15, -0.1) is 0 Å². The zero-order valence-corrected chi connectivity index (χ0v) is 13.4. The summed E-state index contributed by atoms with van der Waals surface area (Å²) in [5.41, 5.74) is 2.96. The number of hydrogen-bond acceptors (Lipinski definition) is 4. The molecule has 3 rings (SSSR count). The van der Waals surface area contributed by atoms with Crippen molar-refractivity contribution >= 4 is 16.9 Å². The van der Waals surface area contributed by atoms with Crippen molar-refractivity contribution in [2.45, 2.75) is 33.4 Å². The van der Waals surface area contributed by atoms with Crippen molar-refractivity contribution in [2.75, 3.05) is 0 Å². The summed E-state index contributed by atoms with van der Waals surface area (Å²) in [4.78, 5) is 23.3. The molecule has 0 aliphatic carbocycles. The van der Waals surface area contributed by atoms with E-state index in [0.29, 0.717) is 17.8 Å². The lowest BCUT2D eigenvalue weighted by molar-refractivity contribution is 0.0687. The van der Waals surface area contributed by atoms with Crippen LogP contribution in [0.5, 0.6) is 0 Å². The quantitative estimate of drug-likeness (QED) is 0.804. The van der Waals surface area contributed by atoms with Crippen LogP contribution < -0.4 is 0 Å². The minimum atomic E-state index is -0.0550. The number of aryl methyl sites for hydroxylation is 1. The van der Waals surface area contributed by atoms with Crippen LogP contribution >= 0.6 is 0 Å². The summed E-state index contributed by atoms with van der Waals surface area (Å²) < 4.78 is 0. The summed E-state index contributed by atoms with van der Waals surface area (Å²) in [7, 11) is 0. The minimum Gasteiger partial charge on any atom is -0.330 e. The van der Waals surface area contributed by atoms with Crippen LogP contribution in [-0.4, -0.2) is 37.0 Å². The Balaban J connectivity index is 1.91. The van der Waals surface area contributed by atoms with Crippen LogP contribution in [0.3, 0.4) is 0 Å². The second-order valence-corrected chi connectivity index (χ2v) is 5.79. The van der Waals surface area contributed by atoms with E-state index in [4.69, 9.17) is 0 Å². The monoisotopic (exact) mass is 309 g/mol. The summed E-state index contributed by atoms with van der Waals surface area (Å²) in [6.45, 7) is 6.38. The van der Waals surface area contributed by atoms with Gasteiger partial charge in [-0.05, 0) is 39.0 Å². The van der Waals surface area contributed by atoms with Crippen molar-refractivity contribution < 1.29 is 4.79 Å². The Morgan fingerprint density at radius 3 is 2.83 bits per heavy atom. The number of H-pyrrole nitrogens is 1. The molecule has 0 saturated heterocycles. The normalized spacial score (nSPS) is 11.1. The average Bonchev–Trinajstić information content (AvgIpc) is 2.93. The molecule has 0 aliphatic rings. The van der Waals surface area contributed by atoms with Gasteiger partial charge in [0.1, 0.15) is 0 Å². The van der Waals surface area contributed by atoms with E-state index in [1.165, 1.54) is 0 Å². The summed E-state index contributed by atoms with van der Waals surface area (Å²) in [6.07, 6.45) is 3.32. The van der Waals surface area contributed by atoms with Gasteiger partial charge in [0.25, 0.3) is 5.91 Å². The molecule has 1 N–H and O–H groups in total. The molecule has 0 spiro atoms. The molecule has 3 aromatic rings. The first kappa shape index (κ1) is 15.1. The molecule has 1 amide bonds. The molecule has 118 valence electrons. The lowest BCUT2D eigenvalue weighted by Crippen LogP contribution is -2.36. The molecular formula is C17H19N5O. The molecule has 0 radical (unpaired) electrons. The zero-order chi connectivity index (χ0) is 16.4. The second kappa shape index (κ2) is 6.16. The Morgan fingerprint density at radius 1 is 1.30 bits per heavy atom. The number of aromatic nitrogens is 4. The van der Waals surface area contributed by atoms with Crippen molar-refractivity contribution in [3.8, 4) is 0 Å². The van der Waals surface area contributed by atoms with Crippen LogP contribution in [0.4, 0.5) is 0 Å². The smallest absolute Gasteiger partial charge is 0.256 e. The Labute approximate surface area is 134 Å². The number of aromatic amines is 1. The highest BCUT2D eigenvalue weighted by Gasteiger charge is 2.20. The molecule has 23 heavy (non-hydrogen) atoms. The summed E-state index contributed by atoms with van der Waals surface area (Å²) in [5, 5.41) is 7.86. The molecule has 0 saturated carbocycles. The highest BCUT2D eigenvalue weighted by molar-refractivity contribution is 5.97. The molecule has 3 aromatic heterocycles. The highest BCUT2D eigenvalue weighted by atomic mass is 16.2. The van der Waals surface area contributed by atoms with Crippen LogP contribution in [0.1, 0.15) is 35.6 Å². The molecule has 3 heterocycles. The van der Waals surface area contributed by atoms with Gasteiger partial charge in [-0.1, -0.05) is 6.07 Å². The number of fused-ring (bicyclic) bond motifs is 1. The number of rotatable bonds is 4. The van der Waals surface area contributed by atoms with Gasteiger partial charge in [-0.25, -0.2) is 4.98 Å². The molecular weight excluding hydrogens is 290 g/mol. The number of carbonyl (C=O) groups excluding carboxylic acids is 1. The number of nitrogens with one attached hydrogen (secondary N) is 1. The average molecular weight is 309 g/mol. The Hall–Kier alpha value is -2.76. The van der Waals surface area contributed by atoms with Gasteiger partial charge in [-0.3, -0.25) is 14.9 Å². The Bertz CT molecular complexity index is 825. The van der Waals surface area contributed by atoms with E-state index in [1.54, 1.807) is 17.3 Å². The maximum Gasteiger partial charge on any atom is 0.256 e. The van der Waals surface area contributed by atoms with Crippen LogP contribution in [0.25, 0.3) is 11.0 Å². The largest absolute Gasteiger partial charge is 0.330 e. The van der Waals surface area contributed by atoms with Crippen molar-refractivity contribution in [1.29, 1.82) is 0 Å². The molecule has 0 unspecified atom stereocenters. The minimum absolute atomic E-state index is 0.0550. The van der Waals surface area contributed by atoms with Gasteiger partial charge < -0.3 is 4.90 Å². The van der Waals surface area contributed by atoms with Gasteiger partial charge in [0.05, 0.1) is 17.8 Å². The predicted octanol–water partition coefficient (Wildman–Crippen LogP) is 2.71. The Morgan fingerprint density at radius 2 is 2.13 bits per heavy atom. The number of hydrogen-bond donors (Lipinski definition) is 1. The van der Waals surface area contributed by atoms with Gasteiger partial charge in [0, 0.05) is 29.5 Å². The lowest BCUT2D eigenvalue weighted by Gasteiger charge is -2.26. The SMILES string of the molecule is Cc1[nH]nc2ncc(C(=O)N(Cc3ccccn3)C(C)C)cc12. The van der Waals surface area contributed by atoms with E-state index in [0.717, 1.165) is 16.8 Å². The van der Waals surface area contributed by atoms with E-state index in [-0.39, 0.29) is 11.9 Å². The van der Waals surface area contributed by atoms with Crippen molar-refractivity contribution in [3.63, 3.8) is 0 Å². The summed E-state index contributed by atoms with van der Waals surface area (Å²) >= 11 is 0. The highest BCUT2D eigenvalue weighted by Crippen LogP contribution is 2.17. The van der Waals surface area contributed by atoms with E-state index >= 15 is 0 Å². The first-order valence-corrected chi connectivity index (χ1v) is 7.58. The van der Waals surface area contributed by atoms with Crippen molar-refractivity contribution in [1.82, 2.24) is 25.1 Å². The lowest BCUT2D eigenvalue weighted by atomic mass is 10.1. The molecule has 6 heteroatoms. The second-order valence-electron chi connectivity index (χ2n) is 5.79. The predicted molar refractivity (Wildman–Crippen MR) is 87.9 cm³/mol. The van der Waals surface area contributed by atoms with Gasteiger partial charge in [0.15, 0.2) is 5.65 Å². The summed E-state index contributed by atoms with van der Waals surface area (Å²) in [6, 6.07) is 7.62. The topological polar surface area (TPSA) is 74.8 Å². The maximum atomic E-state index is 12.9. The molecule has 0 aromatic carbocycles.